The van der Waals surface area contributed by atoms with Crippen LogP contribution in [-0.2, 0) is 6.54 Å². The van der Waals surface area contributed by atoms with Gasteiger partial charge in [0.1, 0.15) is 0 Å². The first kappa shape index (κ1) is 13.5. The quantitative estimate of drug-likeness (QED) is 0.857. The van der Waals surface area contributed by atoms with Crippen LogP contribution in [0, 0.1) is 11.6 Å². The molecular formula is C14H10ClF2NO. The summed E-state index contributed by atoms with van der Waals surface area (Å²) < 4.78 is 26.7. The lowest BCUT2D eigenvalue weighted by Crippen LogP contribution is -2.24. The van der Waals surface area contributed by atoms with Crippen LogP contribution < -0.4 is 5.32 Å². The molecule has 0 unspecified atom stereocenters. The third kappa shape index (κ3) is 3.09. The van der Waals surface area contributed by atoms with E-state index < -0.39 is 17.5 Å². The Kier molecular flexibility index (Phi) is 4.12. The lowest BCUT2D eigenvalue weighted by molar-refractivity contribution is 0.0946. The predicted molar refractivity (Wildman–Crippen MR) is 69.0 cm³/mol. The number of halogens is 3. The summed E-state index contributed by atoms with van der Waals surface area (Å²) in [4.78, 5) is 11.7. The minimum Gasteiger partial charge on any atom is -0.348 e. The highest BCUT2D eigenvalue weighted by molar-refractivity contribution is 6.30. The van der Waals surface area contributed by atoms with Crippen molar-refractivity contribution in [1.29, 1.82) is 0 Å². The van der Waals surface area contributed by atoms with E-state index in [-0.39, 0.29) is 17.1 Å². The first-order chi connectivity index (χ1) is 9.09. The molecule has 1 amide bonds. The van der Waals surface area contributed by atoms with E-state index in [0.29, 0.717) is 0 Å². The molecule has 2 nitrogen and oxygen atoms in total. The van der Waals surface area contributed by atoms with Gasteiger partial charge in [0.2, 0.25) is 0 Å². The molecule has 0 radical (unpaired) electrons. The van der Waals surface area contributed by atoms with Gasteiger partial charge in [-0.15, -0.1) is 0 Å². The van der Waals surface area contributed by atoms with Gasteiger partial charge in [-0.1, -0.05) is 41.9 Å². The fourth-order valence-corrected chi connectivity index (χ4v) is 1.72. The second-order valence-corrected chi connectivity index (χ2v) is 4.30. The smallest absolute Gasteiger partial charge is 0.254 e. The largest absolute Gasteiger partial charge is 0.348 e. The van der Waals surface area contributed by atoms with Gasteiger partial charge in [-0.3, -0.25) is 4.79 Å². The van der Waals surface area contributed by atoms with Crippen LogP contribution in [0.5, 0.6) is 0 Å². The number of rotatable bonds is 3. The second-order valence-electron chi connectivity index (χ2n) is 3.89. The fraction of sp³-hybridized carbons (Fsp3) is 0.0714. The Morgan fingerprint density at radius 2 is 1.74 bits per heavy atom. The second kappa shape index (κ2) is 5.80. The van der Waals surface area contributed by atoms with Gasteiger partial charge in [-0.25, -0.2) is 8.78 Å². The van der Waals surface area contributed by atoms with E-state index in [1.807, 2.05) is 30.3 Å². The molecule has 0 aliphatic heterocycles. The zero-order chi connectivity index (χ0) is 13.8. The van der Waals surface area contributed by atoms with E-state index in [4.69, 9.17) is 11.6 Å². The van der Waals surface area contributed by atoms with Crippen molar-refractivity contribution >= 4 is 17.5 Å². The molecule has 2 aromatic rings. The normalized spacial score (nSPS) is 10.3. The van der Waals surface area contributed by atoms with E-state index in [1.54, 1.807) is 0 Å². The predicted octanol–water partition coefficient (Wildman–Crippen LogP) is 3.55. The third-order valence-corrected chi connectivity index (χ3v) is 2.87. The van der Waals surface area contributed by atoms with Gasteiger partial charge < -0.3 is 5.32 Å². The highest BCUT2D eigenvalue weighted by Gasteiger charge is 2.17. The average Bonchev–Trinajstić information content (AvgIpc) is 2.43. The van der Waals surface area contributed by atoms with Crippen LogP contribution in [0.15, 0.2) is 42.5 Å². The molecule has 0 atom stereocenters. The van der Waals surface area contributed by atoms with E-state index in [1.165, 1.54) is 0 Å². The summed E-state index contributed by atoms with van der Waals surface area (Å²) >= 11 is 5.42. The zero-order valence-electron chi connectivity index (χ0n) is 9.79. The number of hydrogen-bond donors (Lipinski definition) is 1. The van der Waals surface area contributed by atoms with E-state index in [2.05, 4.69) is 5.32 Å². The molecule has 0 saturated heterocycles. The highest BCUT2D eigenvalue weighted by Crippen LogP contribution is 2.20. The lowest BCUT2D eigenvalue weighted by Gasteiger charge is -2.07. The molecule has 0 heterocycles. The van der Waals surface area contributed by atoms with Crippen LogP contribution in [0.4, 0.5) is 8.78 Å². The number of benzene rings is 2. The van der Waals surface area contributed by atoms with Crippen molar-refractivity contribution in [2.24, 2.45) is 0 Å². The molecule has 0 aliphatic carbocycles. The molecule has 0 aromatic heterocycles. The molecule has 2 aromatic carbocycles. The van der Waals surface area contributed by atoms with Gasteiger partial charge in [0.25, 0.3) is 5.91 Å². The Morgan fingerprint density at radius 3 is 2.42 bits per heavy atom. The van der Waals surface area contributed by atoms with Gasteiger partial charge >= 0.3 is 0 Å². The summed E-state index contributed by atoms with van der Waals surface area (Å²) in [5.41, 5.74) is 0.503. The summed E-state index contributed by atoms with van der Waals surface area (Å²) in [6, 6.07) is 11.4. The maximum absolute atomic E-state index is 13.5. The fourth-order valence-electron chi connectivity index (χ4n) is 1.57. The van der Waals surface area contributed by atoms with Crippen LogP contribution in [0.2, 0.25) is 5.02 Å². The van der Waals surface area contributed by atoms with Crippen molar-refractivity contribution in [2.75, 3.05) is 0 Å². The lowest BCUT2D eigenvalue weighted by atomic mass is 10.1. The molecule has 0 aliphatic rings. The van der Waals surface area contributed by atoms with E-state index >= 15 is 0 Å². The molecule has 19 heavy (non-hydrogen) atoms. The summed E-state index contributed by atoms with van der Waals surface area (Å²) in [5.74, 6) is -3.14. The number of carbonyl (C=O) groups is 1. The number of carbonyl (C=O) groups excluding carboxylic acids is 1. The molecule has 0 spiro atoms. The van der Waals surface area contributed by atoms with Gasteiger partial charge in [0.15, 0.2) is 11.6 Å². The van der Waals surface area contributed by atoms with Crippen LogP contribution in [-0.4, -0.2) is 5.91 Å². The minimum atomic E-state index is -1.24. The standard InChI is InChI=1S/C14H10ClF2NO/c15-11-7-6-10(12(16)13(11)17)14(19)18-8-9-4-2-1-3-5-9/h1-7H,8H2,(H,18,19). The molecule has 5 heteroatoms. The van der Waals surface area contributed by atoms with Gasteiger partial charge in [-0.2, -0.15) is 0 Å². The minimum absolute atomic E-state index is 0.239. The topological polar surface area (TPSA) is 29.1 Å². The summed E-state index contributed by atoms with van der Waals surface area (Å²) in [7, 11) is 0. The monoisotopic (exact) mass is 281 g/mol. The first-order valence-corrected chi connectivity index (χ1v) is 5.93. The molecule has 1 N–H and O–H groups in total. The highest BCUT2D eigenvalue weighted by atomic mass is 35.5. The molecule has 0 bridgehead atoms. The van der Waals surface area contributed by atoms with Gasteiger partial charge in [0.05, 0.1) is 10.6 Å². The first-order valence-electron chi connectivity index (χ1n) is 5.55. The molecule has 98 valence electrons. The maximum Gasteiger partial charge on any atom is 0.254 e. The summed E-state index contributed by atoms with van der Waals surface area (Å²) in [5, 5.41) is 2.16. The molecule has 0 fully saturated rings. The Balaban J connectivity index is 2.11. The zero-order valence-corrected chi connectivity index (χ0v) is 10.5. The van der Waals surface area contributed by atoms with Crippen molar-refractivity contribution in [3.05, 3.63) is 70.2 Å². The molecule has 0 saturated carbocycles. The molecular weight excluding hydrogens is 272 g/mol. The van der Waals surface area contributed by atoms with Crippen molar-refractivity contribution in [2.45, 2.75) is 6.54 Å². The van der Waals surface area contributed by atoms with E-state index in [9.17, 15) is 13.6 Å². The van der Waals surface area contributed by atoms with Crippen molar-refractivity contribution in [1.82, 2.24) is 5.32 Å². The number of amides is 1. The summed E-state index contributed by atoms with van der Waals surface area (Å²) in [6.07, 6.45) is 0. The van der Waals surface area contributed by atoms with Crippen LogP contribution >= 0.6 is 11.6 Å². The molecule has 2 rings (SSSR count). The summed E-state index contributed by atoms with van der Waals surface area (Å²) in [6.45, 7) is 0.239. The van der Waals surface area contributed by atoms with Crippen LogP contribution in [0.3, 0.4) is 0 Å². The van der Waals surface area contributed by atoms with Crippen molar-refractivity contribution < 1.29 is 13.6 Å². The Bertz CT molecular complexity index is 602. The van der Waals surface area contributed by atoms with E-state index in [0.717, 1.165) is 17.7 Å². The van der Waals surface area contributed by atoms with Crippen molar-refractivity contribution in [3.63, 3.8) is 0 Å². The van der Waals surface area contributed by atoms with Gasteiger partial charge in [-0.05, 0) is 17.7 Å². The Hall–Kier alpha value is -1.94. The average molecular weight is 282 g/mol. The van der Waals surface area contributed by atoms with Gasteiger partial charge in [0, 0.05) is 6.54 Å². The van der Waals surface area contributed by atoms with Crippen LogP contribution in [0.1, 0.15) is 15.9 Å². The SMILES string of the molecule is O=C(NCc1ccccc1)c1ccc(Cl)c(F)c1F. The maximum atomic E-state index is 13.5. The third-order valence-electron chi connectivity index (χ3n) is 2.58. The number of nitrogens with one attached hydrogen (secondary N) is 1. The van der Waals surface area contributed by atoms with Crippen LogP contribution in [0.25, 0.3) is 0 Å². The Labute approximate surface area is 114 Å². The number of hydrogen-bond acceptors (Lipinski definition) is 1. The Morgan fingerprint density at radius 1 is 1.05 bits per heavy atom. The van der Waals surface area contributed by atoms with Crippen molar-refractivity contribution in [3.8, 4) is 0 Å².